The summed E-state index contributed by atoms with van der Waals surface area (Å²) >= 11 is 0. The van der Waals surface area contributed by atoms with Crippen molar-refractivity contribution in [2.24, 2.45) is 11.8 Å². The monoisotopic (exact) mass is 273 g/mol. The summed E-state index contributed by atoms with van der Waals surface area (Å²) in [6.45, 7) is 4.45. The molecule has 0 saturated carbocycles. The number of nitrogens with one attached hydrogen (secondary N) is 1. The van der Waals surface area contributed by atoms with Crippen LogP contribution in [-0.2, 0) is 0 Å². The number of benzene rings is 1. The van der Waals surface area contributed by atoms with Gasteiger partial charge in [-0.05, 0) is 24.5 Å². The van der Waals surface area contributed by atoms with E-state index in [0.29, 0.717) is 5.92 Å². The molecule has 2 atom stereocenters. The third-order valence-electron chi connectivity index (χ3n) is 3.47. The summed E-state index contributed by atoms with van der Waals surface area (Å²) in [6, 6.07) is 9.93. The van der Waals surface area contributed by atoms with Gasteiger partial charge < -0.3 is 0 Å². The van der Waals surface area contributed by atoms with Gasteiger partial charge in [0.05, 0.1) is 17.9 Å². The molecule has 5 nitrogen and oxygen atoms in total. The summed E-state index contributed by atoms with van der Waals surface area (Å²) < 4.78 is 0. The molecule has 2 aromatic rings. The minimum atomic E-state index is 0.0500. The van der Waals surface area contributed by atoms with E-state index in [-0.39, 0.29) is 6.04 Å². The van der Waals surface area contributed by atoms with Crippen molar-refractivity contribution < 1.29 is 0 Å². The molecular formula is C15H23N5. The van der Waals surface area contributed by atoms with E-state index in [4.69, 9.17) is 5.84 Å². The van der Waals surface area contributed by atoms with E-state index in [9.17, 15) is 0 Å². The fourth-order valence-electron chi connectivity index (χ4n) is 2.41. The summed E-state index contributed by atoms with van der Waals surface area (Å²) in [7, 11) is 0. The zero-order chi connectivity index (χ0) is 14.4. The summed E-state index contributed by atoms with van der Waals surface area (Å²) in [5.74, 6) is 6.28. The lowest BCUT2D eigenvalue weighted by atomic mass is 9.96. The molecule has 0 amide bonds. The number of aromatic nitrogens is 3. The Morgan fingerprint density at radius 1 is 1.30 bits per heavy atom. The van der Waals surface area contributed by atoms with E-state index in [1.807, 2.05) is 30.3 Å². The van der Waals surface area contributed by atoms with Crippen LogP contribution >= 0.6 is 0 Å². The van der Waals surface area contributed by atoms with Gasteiger partial charge in [-0.25, -0.2) is 0 Å². The van der Waals surface area contributed by atoms with Crippen LogP contribution in [0.1, 0.15) is 44.8 Å². The quantitative estimate of drug-likeness (QED) is 0.601. The van der Waals surface area contributed by atoms with Gasteiger partial charge in [-0.1, -0.05) is 44.9 Å². The maximum Gasteiger partial charge on any atom is 0.101 e. The zero-order valence-electron chi connectivity index (χ0n) is 12.2. The topological polar surface area (TPSA) is 68.8 Å². The number of hydrogen-bond acceptors (Lipinski definition) is 4. The first kappa shape index (κ1) is 14.7. The third kappa shape index (κ3) is 3.65. The van der Waals surface area contributed by atoms with Gasteiger partial charge in [0.1, 0.15) is 5.69 Å². The second kappa shape index (κ2) is 7.17. The Balaban J connectivity index is 2.10. The molecule has 1 aromatic carbocycles. The molecular weight excluding hydrogens is 250 g/mol. The van der Waals surface area contributed by atoms with Gasteiger partial charge in [-0.3, -0.25) is 11.3 Å². The van der Waals surface area contributed by atoms with Gasteiger partial charge >= 0.3 is 0 Å². The fraction of sp³-hybridized carbons (Fsp3) is 0.467. The summed E-state index contributed by atoms with van der Waals surface area (Å²) in [5.41, 5.74) is 4.70. The number of para-hydroxylation sites is 1. The molecule has 20 heavy (non-hydrogen) atoms. The largest absolute Gasteiger partial charge is 0.271 e. The molecule has 0 fully saturated rings. The van der Waals surface area contributed by atoms with Gasteiger partial charge in [0.25, 0.3) is 0 Å². The highest BCUT2D eigenvalue weighted by Crippen LogP contribution is 2.21. The summed E-state index contributed by atoms with van der Waals surface area (Å²) in [6.07, 6.45) is 5.15. The Kier molecular flexibility index (Phi) is 5.26. The molecule has 0 aliphatic carbocycles. The Labute approximate surface area is 120 Å². The summed E-state index contributed by atoms with van der Waals surface area (Å²) in [5, 5.41) is 8.85. The molecule has 0 saturated heterocycles. The van der Waals surface area contributed by atoms with Crippen LogP contribution < -0.4 is 11.3 Å². The Bertz CT molecular complexity index is 508. The number of hydrazine groups is 1. The van der Waals surface area contributed by atoms with Crippen LogP contribution in [0.5, 0.6) is 0 Å². The molecule has 0 aliphatic heterocycles. The molecule has 1 aromatic heterocycles. The lowest BCUT2D eigenvalue weighted by molar-refractivity contribution is 0.388. The van der Waals surface area contributed by atoms with Gasteiger partial charge in [-0.15, -0.1) is 0 Å². The first-order chi connectivity index (χ1) is 9.74. The second-order valence-corrected chi connectivity index (χ2v) is 5.24. The molecule has 3 N–H and O–H groups in total. The normalized spacial score (nSPS) is 14.2. The van der Waals surface area contributed by atoms with E-state index in [2.05, 4.69) is 29.5 Å². The molecule has 5 heteroatoms. The number of nitrogens with zero attached hydrogens (tertiary/aromatic N) is 3. The number of nitrogens with two attached hydrogens (primary N) is 1. The molecule has 0 radical (unpaired) electrons. The van der Waals surface area contributed by atoms with Crippen LogP contribution in [0.3, 0.4) is 0 Å². The van der Waals surface area contributed by atoms with Crippen LogP contribution in [0.4, 0.5) is 0 Å². The van der Waals surface area contributed by atoms with Crippen molar-refractivity contribution in [3.05, 3.63) is 42.2 Å². The molecule has 1 heterocycles. The lowest BCUT2D eigenvalue weighted by Gasteiger charge is -2.17. The highest BCUT2D eigenvalue weighted by molar-refractivity contribution is 5.28. The van der Waals surface area contributed by atoms with Gasteiger partial charge in [-0.2, -0.15) is 15.0 Å². The van der Waals surface area contributed by atoms with Crippen molar-refractivity contribution in [3.8, 4) is 5.69 Å². The van der Waals surface area contributed by atoms with Crippen molar-refractivity contribution in [2.75, 3.05) is 0 Å². The van der Waals surface area contributed by atoms with E-state index in [1.54, 1.807) is 11.0 Å². The van der Waals surface area contributed by atoms with Crippen molar-refractivity contribution in [1.29, 1.82) is 0 Å². The average molecular weight is 273 g/mol. The number of hydrogen-bond donors (Lipinski definition) is 2. The van der Waals surface area contributed by atoms with Crippen LogP contribution in [0.15, 0.2) is 36.5 Å². The first-order valence-electron chi connectivity index (χ1n) is 7.18. The average Bonchev–Trinajstić information content (AvgIpc) is 2.95. The van der Waals surface area contributed by atoms with E-state index >= 15 is 0 Å². The predicted octanol–water partition coefficient (Wildman–Crippen LogP) is 2.60. The van der Waals surface area contributed by atoms with Crippen molar-refractivity contribution in [3.63, 3.8) is 0 Å². The van der Waals surface area contributed by atoms with Crippen LogP contribution in [0, 0.1) is 5.92 Å². The Morgan fingerprint density at radius 3 is 2.70 bits per heavy atom. The van der Waals surface area contributed by atoms with E-state index < -0.39 is 0 Å². The fourth-order valence-corrected chi connectivity index (χ4v) is 2.41. The van der Waals surface area contributed by atoms with Crippen molar-refractivity contribution in [2.45, 2.75) is 39.2 Å². The maximum absolute atomic E-state index is 5.67. The van der Waals surface area contributed by atoms with Gasteiger partial charge in [0.2, 0.25) is 0 Å². The predicted molar refractivity (Wildman–Crippen MR) is 80.1 cm³/mol. The first-order valence-corrected chi connectivity index (χ1v) is 7.18. The maximum atomic E-state index is 5.67. The van der Waals surface area contributed by atoms with Crippen molar-refractivity contribution >= 4 is 0 Å². The summed E-state index contributed by atoms with van der Waals surface area (Å²) in [4.78, 5) is 1.64. The zero-order valence-corrected chi connectivity index (χ0v) is 12.2. The van der Waals surface area contributed by atoms with Crippen LogP contribution in [-0.4, -0.2) is 15.0 Å². The second-order valence-electron chi connectivity index (χ2n) is 5.24. The third-order valence-corrected chi connectivity index (χ3v) is 3.47. The smallest absolute Gasteiger partial charge is 0.101 e. The van der Waals surface area contributed by atoms with E-state index in [0.717, 1.165) is 17.8 Å². The minimum Gasteiger partial charge on any atom is -0.271 e. The van der Waals surface area contributed by atoms with E-state index in [1.165, 1.54) is 12.8 Å². The Hall–Kier alpha value is -1.72. The molecule has 2 rings (SSSR count). The molecule has 2 unspecified atom stereocenters. The molecule has 0 spiro atoms. The Morgan fingerprint density at radius 2 is 2.05 bits per heavy atom. The minimum absolute atomic E-state index is 0.0500. The SMILES string of the molecule is CCCC(C)CC(NN)c1cnn(-c2ccccc2)n1. The lowest BCUT2D eigenvalue weighted by Crippen LogP contribution is -2.29. The number of rotatable bonds is 7. The highest BCUT2D eigenvalue weighted by atomic mass is 15.5. The van der Waals surface area contributed by atoms with Crippen LogP contribution in [0.25, 0.3) is 5.69 Å². The van der Waals surface area contributed by atoms with Gasteiger partial charge in [0, 0.05) is 0 Å². The molecule has 0 bridgehead atoms. The highest BCUT2D eigenvalue weighted by Gasteiger charge is 2.17. The molecule has 0 aliphatic rings. The molecule has 108 valence electrons. The standard InChI is InChI=1S/C15H23N5/c1-3-7-12(2)10-14(18-16)15-11-17-20(19-15)13-8-5-4-6-9-13/h4-6,8-9,11-12,14,18H,3,7,10,16H2,1-2H3. The van der Waals surface area contributed by atoms with Crippen molar-refractivity contribution in [1.82, 2.24) is 20.4 Å². The van der Waals surface area contributed by atoms with Gasteiger partial charge in [0.15, 0.2) is 0 Å². The van der Waals surface area contributed by atoms with Crippen LogP contribution in [0.2, 0.25) is 0 Å².